The number of benzene rings is 1. The molecule has 0 aliphatic carbocycles. The van der Waals surface area contributed by atoms with Crippen LogP contribution in [0, 0.1) is 6.92 Å². The fourth-order valence-corrected chi connectivity index (χ4v) is 2.36. The standard InChI is InChI=1S/C14H17NO5/c1-9-6-10(4-5-11(9)19-3)14(2)8-15(7-12(16)17)13(18)20-14/h4-6H,7-8H2,1-3H3,(H,16,17). The monoisotopic (exact) mass is 279 g/mol. The van der Waals surface area contributed by atoms with E-state index in [9.17, 15) is 9.59 Å². The normalized spacial score (nSPS) is 21.8. The Bertz CT molecular complexity index is 556. The number of carboxylic acids is 1. The average molecular weight is 279 g/mol. The molecule has 1 aliphatic rings. The SMILES string of the molecule is COc1ccc(C2(C)CN(CC(=O)O)C(=O)O2)cc1C. The number of aryl methyl sites for hydroxylation is 1. The third-order valence-electron chi connectivity index (χ3n) is 3.39. The van der Waals surface area contributed by atoms with Crippen LogP contribution in [0.15, 0.2) is 18.2 Å². The number of rotatable bonds is 4. The van der Waals surface area contributed by atoms with Crippen molar-refractivity contribution in [2.24, 2.45) is 0 Å². The molecule has 108 valence electrons. The summed E-state index contributed by atoms with van der Waals surface area (Å²) in [5, 5.41) is 8.78. The molecular formula is C14H17NO5. The Morgan fingerprint density at radius 1 is 1.55 bits per heavy atom. The zero-order valence-corrected chi connectivity index (χ0v) is 11.7. The van der Waals surface area contributed by atoms with Crippen LogP contribution in [0.5, 0.6) is 5.75 Å². The molecule has 6 nitrogen and oxygen atoms in total. The Labute approximate surface area is 116 Å². The molecule has 1 saturated heterocycles. The van der Waals surface area contributed by atoms with E-state index >= 15 is 0 Å². The molecule has 0 aromatic heterocycles. The van der Waals surface area contributed by atoms with Crippen LogP contribution in [-0.2, 0) is 15.1 Å². The minimum atomic E-state index is -1.06. The summed E-state index contributed by atoms with van der Waals surface area (Å²) in [6.45, 7) is 3.53. The van der Waals surface area contributed by atoms with Crippen LogP contribution in [0.3, 0.4) is 0 Å². The molecule has 1 aromatic carbocycles. The van der Waals surface area contributed by atoms with Crippen LogP contribution in [0.1, 0.15) is 18.1 Å². The molecular weight excluding hydrogens is 262 g/mol. The second-order valence-corrected chi connectivity index (χ2v) is 5.03. The summed E-state index contributed by atoms with van der Waals surface area (Å²) in [5.41, 5.74) is 0.903. The highest BCUT2D eigenvalue weighted by Gasteiger charge is 2.43. The molecule has 1 heterocycles. The van der Waals surface area contributed by atoms with Crippen LogP contribution in [-0.4, -0.2) is 42.3 Å². The second-order valence-electron chi connectivity index (χ2n) is 5.03. The lowest BCUT2D eigenvalue weighted by Crippen LogP contribution is -2.33. The van der Waals surface area contributed by atoms with E-state index in [0.29, 0.717) is 0 Å². The van der Waals surface area contributed by atoms with E-state index in [2.05, 4.69) is 0 Å². The van der Waals surface area contributed by atoms with Gasteiger partial charge in [0.2, 0.25) is 0 Å². The fourth-order valence-electron chi connectivity index (χ4n) is 2.36. The topological polar surface area (TPSA) is 76.1 Å². The number of cyclic esters (lactones) is 1. The summed E-state index contributed by atoms with van der Waals surface area (Å²) in [5.74, 6) is -0.304. The van der Waals surface area contributed by atoms with Gasteiger partial charge in [0.05, 0.1) is 13.7 Å². The van der Waals surface area contributed by atoms with E-state index in [4.69, 9.17) is 14.6 Å². The highest BCUT2D eigenvalue weighted by atomic mass is 16.6. The molecule has 1 atom stereocenters. The number of nitrogens with zero attached hydrogens (tertiary/aromatic N) is 1. The average Bonchev–Trinajstić information content (AvgIpc) is 2.64. The first kappa shape index (κ1) is 14.2. The van der Waals surface area contributed by atoms with E-state index in [-0.39, 0.29) is 13.1 Å². The van der Waals surface area contributed by atoms with Gasteiger partial charge in [-0.15, -0.1) is 0 Å². The first-order chi connectivity index (χ1) is 9.35. The fraction of sp³-hybridized carbons (Fsp3) is 0.429. The Morgan fingerprint density at radius 3 is 2.80 bits per heavy atom. The summed E-state index contributed by atoms with van der Waals surface area (Å²) >= 11 is 0. The van der Waals surface area contributed by atoms with E-state index in [1.807, 2.05) is 25.1 Å². The lowest BCUT2D eigenvalue weighted by atomic mass is 9.94. The Hall–Kier alpha value is -2.24. The van der Waals surface area contributed by atoms with Gasteiger partial charge in [-0.2, -0.15) is 0 Å². The van der Waals surface area contributed by atoms with Crippen molar-refractivity contribution in [3.8, 4) is 5.75 Å². The largest absolute Gasteiger partial charge is 0.496 e. The minimum Gasteiger partial charge on any atom is -0.496 e. The van der Waals surface area contributed by atoms with E-state index in [0.717, 1.165) is 16.9 Å². The summed E-state index contributed by atoms with van der Waals surface area (Å²) in [6, 6.07) is 5.52. The maximum Gasteiger partial charge on any atom is 0.411 e. The molecule has 1 aromatic rings. The lowest BCUT2D eigenvalue weighted by molar-refractivity contribution is -0.137. The molecule has 0 saturated carbocycles. The van der Waals surface area contributed by atoms with Crippen LogP contribution in [0.25, 0.3) is 0 Å². The van der Waals surface area contributed by atoms with Gasteiger partial charge in [0, 0.05) is 0 Å². The van der Waals surface area contributed by atoms with Gasteiger partial charge in [0.1, 0.15) is 12.3 Å². The van der Waals surface area contributed by atoms with Crippen molar-refractivity contribution in [3.63, 3.8) is 0 Å². The number of carboxylic acid groups (broad SMARTS) is 1. The number of hydrogen-bond donors (Lipinski definition) is 1. The van der Waals surface area contributed by atoms with Gasteiger partial charge >= 0.3 is 12.1 Å². The van der Waals surface area contributed by atoms with Crippen molar-refractivity contribution in [3.05, 3.63) is 29.3 Å². The summed E-state index contributed by atoms with van der Waals surface area (Å²) in [7, 11) is 1.59. The number of hydrogen-bond acceptors (Lipinski definition) is 4. The number of carbonyl (C=O) groups excluding carboxylic acids is 1. The summed E-state index contributed by atoms with van der Waals surface area (Å²) < 4.78 is 10.6. The first-order valence-electron chi connectivity index (χ1n) is 6.20. The molecule has 0 radical (unpaired) electrons. The maximum absolute atomic E-state index is 11.7. The molecule has 2 rings (SSSR count). The van der Waals surface area contributed by atoms with Gasteiger partial charge in [-0.25, -0.2) is 4.79 Å². The molecule has 0 bridgehead atoms. The third kappa shape index (κ3) is 2.54. The highest BCUT2D eigenvalue weighted by molar-refractivity contribution is 5.78. The van der Waals surface area contributed by atoms with E-state index in [1.165, 1.54) is 4.90 Å². The van der Waals surface area contributed by atoms with Crippen LogP contribution < -0.4 is 4.74 Å². The molecule has 1 unspecified atom stereocenters. The number of methoxy groups -OCH3 is 1. The Balaban J connectivity index is 2.26. The number of carbonyl (C=O) groups is 2. The van der Waals surface area contributed by atoms with Gasteiger partial charge in [-0.05, 0) is 37.1 Å². The molecule has 0 spiro atoms. The van der Waals surface area contributed by atoms with Gasteiger partial charge in [-0.1, -0.05) is 6.07 Å². The highest BCUT2D eigenvalue weighted by Crippen LogP contribution is 2.34. The molecule has 1 fully saturated rings. The van der Waals surface area contributed by atoms with Crippen molar-refractivity contribution in [1.29, 1.82) is 0 Å². The molecule has 1 aliphatic heterocycles. The second kappa shape index (κ2) is 5.03. The van der Waals surface area contributed by atoms with Crippen LogP contribution in [0.2, 0.25) is 0 Å². The first-order valence-corrected chi connectivity index (χ1v) is 6.20. The van der Waals surface area contributed by atoms with Crippen LogP contribution in [0.4, 0.5) is 4.79 Å². The molecule has 1 N–H and O–H groups in total. The maximum atomic E-state index is 11.7. The Kier molecular flexibility index (Phi) is 3.57. The van der Waals surface area contributed by atoms with Gasteiger partial charge in [0.15, 0.2) is 5.60 Å². The molecule has 1 amide bonds. The number of aliphatic carboxylic acids is 1. The Morgan fingerprint density at radius 2 is 2.25 bits per heavy atom. The van der Waals surface area contributed by atoms with Gasteiger partial charge < -0.3 is 14.6 Å². The predicted molar refractivity (Wildman–Crippen MR) is 70.8 cm³/mol. The predicted octanol–water partition coefficient (Wildman–Crippen LogP) is 1.76. The number of ether oxygens (including phenoxy) is 2. The van der Waals surface area contributed by atoms with Gasteiger partial charge in [0.25, 0.3) is 0 Å². The quantitative estimate of drug-likeness (QED) is 0.908. The summed E-state index contributed by atoms with van der Waals surface area (Å²) in [4.78, 5) is 23.6. The summed E-state index contributed by atoms with van der Waals surface area (Å²) in [6.07, 6.45) is -0.608. The van der Waals surface area contributed by atoms with Crippen molar-refractivity contribution in [1.82, 2.24) is 4.90 Å². The molecule has 6 heteroatoms. The van der Waals surface area contributed by atoms with Crippen molar-refractivity contribution < 1.29 is 24.2 Å². The van der Waals surface area contributed by atoms with Crippen LogP contribution >= 0.6 is 0 Å². The van der Waals surface area contributed by atoms with Gasteiger partial charge in [-0.3, -0.25) is 9.69 Å². The lowest BCUT2D eigenvalue weighted by Gasteiger charge is -2.23. The number of amides is 1. The zero-order valence-electron chi connectivity index (χ0n) is 11.7. The zero-order chi connectivity index (χ0) is 14.9. The third-order valence-corrected chi connectivity index (χ3v) is 3.39. The van der Waals surface area contributed by atoms with Crippen molar-refractivity contribution in [2.45, 2.75) is 19.4 Å². The van der Waals surface area contributed by atoms with E-state index in [1.54, 1.807) is 14.0 Å². The minimum absolute atomic E-state index is 0.212. The smallest absolute Gasteiger partial charge is 0.411 e. The van der Waals surface area contributed by atoms with Crippen molar-refractivity contribution >= 4 is 12.1 Å². The van der Waals surface area contributed by atoms with E-state index < -0.39 is 17.7 Å². The van der Waals surface area contributed by atoms with Crippen molar-refractivity contribution in [2.75, 3.05) is 20.2 Å². The molecule has 20 heavy (non-hydrogen) atoms.